The van der Waals surface area contributed by atoms with Crippen LogP contribution in [0.25, 0.3) is 11.1 Å². The van der Waals surface area contributed by atoms with Gasteiger partial charge in [0.05, 0.1) is 5.52 Å². The van der Waals surface area contributed by atoms with E-state index >= 15 is 0 Å². The molecule has 1 aliphatic heterocycles. The number of nitrogens with one attached hydrogen (secondary N) is 1. The molecule has 162 valence electrons. The summed E-state index contributed by atoms with van der Waals surface area (Å²) in [5.41, 5.74) is 3.33. The first-order chi connectivity index (χ1) is 14.7. The maximum atomic E-state index is 12.9. The minimum Gasteiger partial charge on any atom is -0.408 e. The standard InChI is InChI=1S/C22H23ClN4O4/c1-13-4-5-16(10-17(13)23)26-8-9-27(14(2)12-26)21(29)20(28)25(3)15-6-7-18-19(11-15)31-22(30)24-18/h4-7,10-11,14H,8-9,12H2,1-3H3,(H,24,30)/t14-/m1/s1. The van der Waals surface area contributed by atoms with Crippen molar-refractivity contribution in [3.05, 3.63) is 57.5 Å². The molecule has 1 aliphatic rings. The van der Waals surface area contributed by atoms with Crippen molar-refractivity contribution in [3.8, 4) is 0 Å². The van der Waals surface area contributed by atoms with Crippen molar-refractivity contribution in [2.75, 3.05) is 36.5 Å². The summed E-state index contributed by atoms with van der Waals surface area (Å²) in [5.74, 6) is -1.78. The van der Waals surface area contributed by atoms with Gasteiger partial charge in [0.15, 0.2) is 5.58 Å². The van der Waals surface area contributed by atoms with Gasteiger partial charge in [-0.15, -0.1) is 0 Å². The number of H-pyrrole nitrogens is 1. The predicted octanol–water partition coefficient (Wildman–Crippen LogP) is 2.78. The van der Waals surface area contributed by atoms with Crippen LogP contribution in [0.4, 0.5) is 11.4 Å². The van der Waals surface area contributed by atoms with Gasteiger partial charge in [0.1, 0.15) is 0 Å². The highest BCUT2D eigenvalue weighted by atomic mass is 35.5. The summed E-state index contributed by atoms with van der Waals surface area (Å²) in [6.45, 7) is 5.51. The number of nitrogens with zero attached hydrogens (tertiary/aromatic N) is 3. The van der Waals surface area contributed by atoms with Gasteiger partial charge >= 0.3 is 17.6 Å². The number of aryl methyl sites for hydroxylation is 1. The Kier molecular flexibility index (Phi) is 5.49. The number of benzene rings is 2. The Labute approximate surface area is 184 Å². The number of likely N-dealkylation sites (N-methyl/N-ethyl adjacent to an activating group) is 1. The molecular formula is C22H23ClN4O4. The van der Waals surface area contributed by atoms with Crippen LogP contribution in [0.5, 0.6) is 0 Å². The van der Waals surface area contributed by atoms with Gasteiger partial charge in [0.2, 0.25) is 0 Å². The molecule has 1 aromatic heterocycles. The lowest BCUT2D eigenvalue weighted by Crippen LogP contribution is -2.57. The molecule has 9 heteroatoms. The van der Waals surface area contributed by atoms with Crippen LogP contribution in [0.15, 0.2) is 45.6 Å². The SMILES string of the molecule is Cc1ccc(N2CCN(C(=O)C(=O)N(C)c3ccc4[nH]c(=O)oc4c3)[C@H](C)C2)cc1Cl. The minimum atomic E-state index is -0.643. The molecule has 31 heavy (non-hydrogen) atoms. The fourth-order valence-electron chi connectivity index (χ4n) is 3.80. The Hall–Kier alpha value is -3.26. The monoisotopic (exact) mass is 442 g/mol. The normalized spacial score (nSPS) is 16.6. The van der Waals surface area contributed by atoms with E-state index < -0.39 is 17.6 Å². The number of fused-ring (bicyclic) bond motifs is 1. The molecule has 4 rings (SSSR count). The second kappa shape index (κ2) is 8.11. The number of carbonyl (C=O) groups is 2. The second-order valence-corrected chi connectivity index (χ2v) is 8.19. The molecule has 3 aromatic rings. The van der Waals surface area contributed by atoms with E-state index in [2.05, 4.69) is 9.88 Å². The van der Waals surface area contributed by atoms with Gasteiger partial charge in [0.25, 0.3) is 0 Å². The van der Waals surface area contributed by atoms with Crippen molar-refractivity contribution >= 4 is 45.9 Å². The number of aromatic nitrogens is 1. The molecule has 2 aromatic carbocycles. The molecule has 2 heterocycles. The number of oxazole rings is 1. The molecule has 0 spiro atoms. The molecule has 0 aliphatic carbocycles. The molecule has 1 N–H and O–H groups in total. The summed E-state index contributed by atoms with van der Waals surface area (Å²) in [6.07, 6.45) is 0. The van der Waals surface area contributed by atoms with Gasteiger partial charge in [-0.3, -0.25) is 14.6 Å². The van der Waals surface area contributed by atoms with Crippen LogP contribution in [0.3, 0.4) is 0 Å². The first-order valence-corrected chi connectivity index (χ1v) is 10.3. The highest BCUT2D eigenvalue weighted by Crippen LogP contribution is 2.26. The maximum Gasteiger partial charge on any atom is 0.417 e. The Morgan fingerprint density at radius 2 is 1.97 bits per heavy atom. The smallest absolute Gasteiger partial charge is 0.408 e. The highest BCUT2D eigenvalue weighted by molar-refractivity contribution is 6.40. The third-order valence-electron chi connectivity index (χ3n) is 5.69. The zero-order valence-electron chi connectivity index (χ0n) is 17.5. The average molecular weight is 443 g/mol. The lowest BCUT2D eigenvalue weighted by atomic mass is 10.1. The van der Waals surface area contributed by atoms with E-state index in [1.165, 1.54) is 11.9 Å². The Balaban J connectivity index is 1.46. The van der Waals surface area contributed by atoms with Crippen LogP contribution in [-0.2, 0) is 9.59 Å². The molecule has 0 radical (unpaired) electrons. The third-order valence-corrected chi connectivity index (χ3v) is 6.10. The molecule has 0 unspecified atom stereocenters. The fraction of sp³-hybridized carbons (Fsp3) is 0.318. The molecule has 2 amide bonds. The van der Waals surface area contributed by atoms with E-state index in [9.17, 15) is 14.4 Å². The van der Waals surface area contributed by atoms with Gasteiger partial charge < -0.3 is 19.1 Å². The zero-order chi connectivity index (χ0) is 22.3. The van der Waals surface area contributed by atoms with Crippen LogP contribution >= 0.6 is 11.6 Å². The number of piperazine rings is 1. The lowest BCUT2D eigenvalue weighted by Gasteiger charge is -2.41. The van der Waals surface area contributed by atoms with Gasteiger partial charge in [0, 0.05) is 55.2 Å². The van der Waals surface area contributed by atoms with E-state index in [1.807, 2.05) is 32.0 Å². The highest BCUT2D eigenvalue weighted by Gasteiger charge is 2.33. The number of amides is 2. The molecule has 1 atom stereocenters. The molecule has 1 fully saturated rings. The van der Waals surface area contributed by atoms with E-state index in [4.69, 9.17) is 16.0 Å². The number of hydrogen-bond donors (Lipinski definition) is 1. The third kappa shape index (κ3) is 4.03. The van der Waals surface area contributed by atoms with Crippen LogP contribution < -0.4 is 15.6 Å². The summed E-state index contributed by atoms with van der Waals surface area (Å²) in [4.78, 5) is 44.7. The van der Waals surface area contributed by atoms with Gasteiger partial charge in [-0.2, -0.15) is 0 Å². The van der Waals surface area contributed by atoms with Gasteiger partial charge in [-0.25, -0.2) is 4.79 Å². The van der Waals surface area contributed by atoms with Crippen molar-refractivity contribution < 1.29 is 14.0 Å². The zero-order valence-corrected chi connectivity index (χ0v) is 18.3. The first-order valence-electron chi connectivity index (χ1n) is 9.97. The summed E-state index contributed by atoms with van der Waals surface area (Å²) < 4.78 is 5.04. The van der Waals surface area contributed by atoms with Gasteiger partial charge in [-0.1, -0.05) is 17.7 Å². The molecule has 0 bridgehead atoms. The topological polar surface area (TPSA) is 89.9 Å². The number of anilines is 2. The Morgan fingerprint density at radius 1 is 1.19 bits per heavy atom. The van der Waals surface area contributed by atoms with Crippen molar-refractivity contribution in [3.63, 3.8) is 0 Å². The molecule has 1 saturated heterocycles. The van der Waals surface area contributed by atoms with Crippen molar-refractivity contribution in [2.24, 2.45) is 0 Å². The van der Waals surface area contributed by atoms with Crippen LogP contribution in [-0.4, -0.2) is 54.4 Å². The number of rotatable bonds is 2. The lowest BCUT2D eigenvalue weighted by molar-refractivity contribution is -0.145. The molecule has 0 saturated carbocycles. The Morgan fingerprint density at radius 3 is 2.68 bits per heavy atom. The average Bonchev–Trinajstić information content (AvgIpc) is 3.13. The van der Waals surface area contributed by atoms with Crippen LogP contribution in [0.1, 0.15) is 12.5 Å². The predicted molar refractivity (Wildman–Crippen MR) is 120 cm³/mol. The second-order valence-electron chi connectivity index (χ2n) is 7.79. The van der Waals surface area contributed by atoms with Gasteiger partial charge in [-0.05, 0) is 43.7 Å². The largest absolute Gasteiger partial charge is 0.417 e. The fourth-order valence-corrected chi connectivity index (χ4v) is 3.97. The van der Waals surface area contributed by atoms with E-state index in [-0.39, 0.29) is 6.04 Å². The maximum absolute atomic E-state index is 12.9. The van der Waals surface area contributed by atoms with Crippen LogP contribution in [0.2, 0.25) is 5.02 Å². The molecular weight excluding hydrogens is 420 g/mol. The van der Waals surface area contributed by atoms with E-state index in [0.717, 1.165) is 11.3 Å². The Bertz CT molecular complexity index is 1220. The number of aromatic amines is 1. The number of hydrogen-bond acceptors (Lipinski definition) is 5. The van der Waals surface area contributed by atoms with Crippen molar-refractivity contribution in [2.45, 2.75) is 19.9 Å². The summed E-state index contributed by atoms with van der Waals surface area (Å²) in [6, 6.07) is 10.6. The summed E-state index contributed by atoms with van der Waals surface area (Å²) >= 11 is 6.25. The van der Waals surface area contributed by atoms with Crippen molar-refractivity contribution in [1.82, 2.24) is 9.88 Å². The van der Waals surface area contributed by atoms with E-state index in [0.29, 0.717) is 41.4 Å². The van der Waals surface area contributed by atoms with Crippen molar-refractivity contribution in [1.29, 1.82) is 0 Å². The van der Waals surface area contributed by atoms with Crippen LogP contribution in [0, 0.1) is 6.92 Å². The van der Waals surface area contributed by atoms with E-state index in [1.54, 1.807) is 23.1 Å². The number of halogens is 1. The first kappa shape index (κ1) is 21.0. The quantitative estimate of drug-likeness (QED) is 0.616. The minimum absolute atomic E-state index is 0.149. The summed E-state index contributed by atoms with van der Waals surface area (Å²) in [7, 11) is 1.53. The molecule has 8 nitrogen and oxygen atoms in total. The number of carbonyl (C=O) groups excluding carboxylic acids is 2. The summed E-state index contributed by atoms with van der Waals surface area (Å²) in [5, 5.41) is 0.704.